The maximum absolute atomic E-state index is 9.82. The maximum atomic E-state index is 9.82. The van der Waals surface area contributed by atoms with Gasteiger partial charge in [0.05, 0.1) is 5.69 Å². The molecule has 20 heavy (non-hydrogen) atoms. The lowest BCUT2D eigenvalue weighted by atomic mass is 10.1. The summed E-state index contributed by atoms with van der Waals surface area (Å²) < 4.78 is 1.05. The molecular formula is C17H12BrNO. The molecule has 3 rings (SSSR count). The normalized spacial score (nSPS) is 11.2. The Labute approximate surface area is 125 Å². The highest BCUT2D eigenvalue weighted by atomic mass is 79.9. The number of hydrogen-bond acceptors (Lipinski definition) is 2. The van der Waals surface area contributed by atoms with Crippen molar-refractivity contribution in [3.05, 3.63) is 70.3 Å². The summed E-state index contributed by atoms with van der Waals surface area (Å²) in [4.78, 5) is 4.46. The molecule has 0 spiro atoms. The largest absolute Gasteiger partial charge is 0.506 e. The van der Waals surface area contributed by atoms with E-state index in [1.54, 1.807) is 6.07 Å². The van der Waals surface area contributed by atoms with Crippen molar-refractivity contribution in [3.63, 3.8) is 0 Å². The van der Waals surface area contributed by atoms with Gasteiger partial charge in [0.2, 0.25) is 0 Å². The molecule has 0 saturated heterocycles. The van der Waals surface area contributed by atoms with Crippen LogP contribution in [0.3, 0.4) is 0 Å². The number of phenolic OH excluding ortho intramolecular Hbond substituents is 1. The van der Waals surface area contributed by atoms with E-state index >= 15 is 0 Å². The molecule has 3 heteroatoms. The van der Waals surface area contributed by atoms with E-state index in [2.05, 4.69) is 20.9 Å². The van der Waals surface area contributed by atoms with Crippen LogP contribution in [0, 0.1) is 0 Å². The van der Waals surface area contributed by atoms with Crippen molar-refractivity contribution in [2.24, 2.45) is 0 Å². The third kappa shape index (κ3) is 2.73. The van der Waals surface area contributed by atoms with E-state index in [0.717, 1.165) is 21.1 Å². The standard InChI is InChI=1S/C17H12BrNO/c18-14-5-1-3-12(11-14)7-9-15-10-8-13-4-2-6-16(20)17(13)19-15/h1-11,20H/b9-7+. The molecule has 1 aromatic heterocycles. The first-order chi connectivity index (χ1) is 9.72. The number of phenols is 1. The first kappa shape index (κ1) is 12.9. The van der Waals surface area contributed by atoms with Crippen LogP contribution in [0.25, 0.3) is 23.1 Å². The molecule has 2 nitrogen and oxygen atoms in total. The number of pyridine rings is 1. The summed E-state index contributed by atoms with van der Waals surface area (Å²) in [5, 5.41) is 10.8. The summed E-state index contributed by atoms with van der Waals surface area (Å²) >= 11 is 3.45. The number of nitrogens with zero attached hydrogens (tertiary/aromatic N) is 1. The molecule has 3 aromatic rings. The molecule has 0 saturated carbocycles. The Morgan fingerprint density at radius 1 is 0.950 bits per heavy atom. The Morgan fingerprint density at radius 3 is 2.65 bits per heavy atom. The van der Waals surface area contributed by atoms with Gasteiger partial charge in [-0.15, -0.1) is 0 Å². The number of halogens is 1. The Hall–Kier alpha value is -2.13. The van der Waals surface area contributed by atoms with E-state index in [0.29, 0.717) is 5.52 Å². The number of benzene rings is 2. The zero-order valence-corrected chi connectivity index (χ0v) is 12.2. The molecule has 1 heterocycles. The fourth-order valence-corrected chi connectivity index (χ4v) is 2.45. The highest BCUT2D eigenvalue weighted by Crippen LogP contribution is 2.23. The second-order valence-electron chi connectivity index (χ2n) is 4.47. The Morgan fingerprint density at radius 2 is 1.80 bits per heavy atom. The van der Waals surface area contributed by atoms with Crippen LogP contribution in [0.15, 0.2) is 59.1 Å². The molecule has 0 atom stereocenters. The highest BCUT2D eigenvalue weighted by molar-refractivity contribution is 9.10. The SMILES string of the molecule is Oc1cccc2ccc(/C=C/c3cccc(Br)c3)nc12. The molecule has 0 aliphatic heterocycles. The molecular weight excluding hydrogens is 314 g/mol. The van der Waals surface area contributed by atoms with Gasteiger partial charge in [-0.1, -0.05) is 52.3 Å². The van der Waals surface area contributed by atoms with Gasteiger partial charge < -0.3 is 5.11 Å². The number of rotatable bonds is 2. The topological polar surface area (TPSA) is 33.1 Å². The summed E-state index contributed by atoms with van der Waals surface area (Å²) in [6.07, 6.45) is 3.94. The highest BCUT2D eigenvalue weighted by Gasteiger charge is 2.00. The lowest BCUT2D eigenvalue weighted by Crippen LogP contribution is -1.83. The minimum Gasteiger partial charge on any atom is -0.506 e. The zero-order chi connectivity index (χ0) is 13.9. The Balaban J connectivity index is 1.97. The number of aromatic hydroxyl groups is 1. The van der Waals surface area contributed by atoms with Crippen LogP contribution in [0.4, 0.5) is 0 Å². The number of aromatic nitrogens is 1. The molecule has 2 aromatic carbocycles. The fraction of sp³-hybridized carbons (Fsp3) is 0. The summed E-state index contributed by atoms with van der Waals surface area (Å²) in [5.41, 5.74) is 2.54. The molecule has 0 bridgehead atoms. The second-order valence-corrected chi connectivity index (χ2v) is 5.39. The van der Waals surface area contributed by atoms with E-state index in [9.17, 15) is 5.11 Å². The third-order valence-corrected chi connectivity index (χ3v) is 3.51. The molecule has 0 fully saturated rings. The lowest BCUT2D eigenvalue weighted by Gasteiger charge is -2.01. The quantitative estimate of drug-likeness (QED) is 0.728. The van der Waals surface area contributed by atoms with Gasteiger partial charge in [0.1, 0.15) is 11.3 Å². The van der Waals surface area contributed by atoms with Crippen molar-refractivity contribution < 1.29 is 5.11 Å². The van der Waals surface area contributed by atoms with Gasteiger partial charge in [-0.25, -0.2) is 4.98 Å². The molecule has 0 unspecified atom stereocenters. The fourth-order valence-electron chi connectivity index (χ4n) is 2.03. The van der Waals surface area contributed by atoms with Crippen LogP contribution in [-0.2, 0) is 0 Å². The molecule has 0 aliphatic rings. The van der Waals surface area contributed by atoms with Crippen LogP contribution >= 0.6 is 15.9 Å². The minimum atomic E-state index is 0.209. The van der Waals surface area contributed by atoms with E-state index in [4.69, 9.17) is 0 Å². The predicted molar refractivity (Wildman–Crippen MR) is 86.5 cm³/mol. The van der Waals surface area contributed by atoms with Gasteiger partial charge in [0, 0.05) is 9.86 Å². The van der Waals surface area contributed by atoms with Crippen molar-refractivity contribution in [2.75, 3.05) is 0 Å². The number of hydrogen-bond donors (Lipinski definition) is 1. The van der Waals surface area contributed by atoms with E-state index in [-0.39, 0.29) is 5.75 Å². The average Bonchev–Trinajstić information content (AvgIpc) is 2.46. The molecule has 0 amide bonds. The predicted octanol–water partition coefficient (Wildman–Crippen LogP) is 4.87. The van der Waals surface area contributed by atoms with Crippen LogP contribution < -0.4 is 0 Å². The van der Waals surface area contributed by atoms with Crippen molar-refractivity contribution in [1.82, 2.24) is 4.98 Å². The van der Waals surface area contributed by atoms with Crippen LogP contribution in [0.1, 0.15) is 11.3 Å². The van der Waals surface area contributed by atoms with Crippen molar-refractivity contribution in [1.29, 1.82) is 0 Å². The lowest BCUT2D eigenvalue weighted by molar-refractivity contribution is 0.480. The molecule has 1 N–H and O–H groups in total. The monoisotopic (exact) mass is 325 g/mol. The minimum absolute atomic E-state index is 0.209. The second kappa shape index (κ2) is 5.47. The third-order valence-electron chi connectivity index (χ3n) is 3.02. The van der Waals surface area contributed by atoms with Crippen molar-refractivity contribution in [3.8, 4) is 5.75 Å². The van der Waals surface area contributed by atoms with Gasteiger partial charge in [0.15, 0.2) is 0 Å². The Kier molecular flexibility index (Phi) is 3.52. The smallest absolute Gasteiger partial charge is 0.141 e. The summed E-state index contributed by atoms with van der Waals surface area (Å²) in [6.45, 7) is 0. The molecule has 0 aliphatic carbocycles. The van der Waals surface area contributed by atoms with Gasteiger partial charge in [-0.05, 0) is 35.9 Å². The van der Waals surface area contributed by atoms with E-state index in [1.807, 2.05) is 60.7 Å². The Bertz CT molecular complexity index is 796. The zero-order valence-electron chi connectivity index (χ0n) is 10.6. The first-order valence-electron chi connectivity index (χ1n) is 6.25. The van der Waals surface area contributed by atoms with Gasteiger partial charge in [-0.2, -0.15) is 0 Å². The van der Waals surface area contributed by atoms with E-state index in [1.165, 1.54) is 0 Å². The van der Waals surface area contributed by atoms with Gasteiger partial charge in [-0.3, -0.25) is 0 Å². The molecule has 0 radical (unpaired) electrons. The van der Waals surface area contributed by atoms with Crippen LogP contribution in [0.2, 0.25) is 0 Å². The first-order valence-corrected chi connectivity index (χ1v) is 7.04. The van der Waals surface area contributed by atoms with E-state index < -0.39 is 0 Å². The summed E-state index contributed by atoms with van der Waals surface area (Å²) in [6, 6.07) is 17.3. The summed E-state index contributed by atoms with van der Waals surface area (Å²) in [7, 11) is 0. The summed E-state index contributed by atoms with van der Waals surface area (Å²) in [5.74, 6) is 0.209. The molecule has 98 valence electrons. The number of fused-ring (bicyclic) bond motifs is 1. The maximum Gasteiger partial charge on any atom is 0.141 e. The number of para-hydroxylation sites is 1. The van der Waals surface area contributed by atoms with Gasteiger partial charge in [0.25, 0.3) is 0 Å². The van der Waals surface area contributed by atoms with Crippen LogP contribution in [-0.4, -0.2) is 10.1 Å². The van der Waals surface area contributed by atoms with Gasteiger partial charge >= 0.3 is 0 Å². The van der Waals surface area contributed by atoms with Crippen LogP contribution in [0.5, 0.6) is 5.75 Å². The van der Waals surface area contributed by atoms with Crippen molar-refractivity contribution >= 4 is 39.0 Å². The van der Waals surface area contributed by atoms with Crippen molar-refractivity contribution in [2.45, 2.75) is 0 Å². The average molecular weight is 326 g/mol.